The van der Waals surface area contributed by atoms with E-state index in [0.29, 0.717) is 11.5 Å². The minimum absolute atomic E-state index is 0.566. The fourth-order valence-electron chi connectivity index (χ4n) is 7.16. The topological polar surface area (TPSA) is 42.4 Å². The van der Waals surface area contributed by atoms with Crippen LogP contribution in [0.1, 0.15) is 0 Å². The van der Waals surface area contributed by atoms with E-state index >= 15 is 0 Å². The van der Waals surface area contributed by atoms with Gasteiger partial charge >= 0.3 is 0 Å². The summed E-state index contributed by atoms with van der Waals surface area (Å²) < 4.78 is 13.4. The van der Waals surface area contributed by atoms with Gasteiger partial charge in [0.1, 0.15) is 22.4 Å². The minimum Gasteiger partial charge on any atom is -0.456 e. The van der Waals surface area contributed by atoms with Crippen LogP contribution < -0.4 is 4.90 Å². The minimum atomic E-state index is 0.566. The lowest BCUT2D eigenvalue weighted by molar-refractivity contribution is 0.620. The van der Waals surface area contributed by atoms with Gasteiger partial charge in [0.2, 0.25) is 5.89 Å². The third kappa shape index (κ3) is 4.49. The summed E-state index contributed by atoms with van der Waals surface area (Å²) >= 11 is 0. The molecule has 8 aromatic carbocycles. The molecule has 0 spiro atoms. The van der Waals surface area contributed by atoms with Crippen LogP contribution in [0.5, 0.6) is 0 Å². The molecule has 0 atom stereocenters. The first-order valence-electron chi connectivity index (χ1n) is 16.5. The smallest absolute Gasteiger partial charge is 0.227 e. The second-order valence-electron chi connectivity index (χ2n) is 12.4. The van der Waals surface area contributed by atoms with Crippen molar-refractivity contribution in [2.24, 2.45) is 0 Å². The van der Waals surface area contributed by atoms with Crippen molar-refractivity contribution in [2.75, 3.05) is 4.90 Å². The molecular weight excluding hydrogens is 601 g/mol. The number of benzene rings is 8. The van der Waals surface area contributed by atoms with Gasteiger partial charge < -0.3 is 13.7 Å². The zero-order chi connectivity index (χ0) is 32.3. The maximum absolute atomic E-state index is 6.81. The first-order valence-corrected chi connectivity index (χ1v) is 16.5. The molecule has 4 nitrogen and oxygen atoms in total. The predicted molar refractivity (Wildman–Crippen MR) is 202 cm³/mol. The highest BCUT2D eigenvalue weighted by Crippen LogP contribution is 2.49. The van der Waals surface area contributed by atoms with E-state index in [9.17, 15) is 0 Å². The standard InChI is InChI=1S/C45H28N2O2/c1-3-12-29(13-4-1)33-17-11-18-34(26-33)47(35-25-24-31-23-22-30-14-7-8-19-36(30)38(31)27-35)43-42-37-20-9-10-21-40(37)48-41(42)28-39-44(43)49-45(46-39)32-15-5-2-6-16-32/h1-28H. The van der Waals surface area contributed by atoms with Gasteiger partial charge in [0.15, 0.2) is 5.58 Å². The van der Waals surface area contributed by atoms with Crippen molar-refractivity contribution < 1.29 is 8.83 Å². The Morgan fingerprint density at radius 3 is 1.92 bits per heavy atom. The normalized spacial score (nSPS) is 11.7. The van der Waals surface area contributed by atoms with Crippen molar-refractivity contribution in [1.82, 2.24) is 4.98 Å². The molecule has 0 saturated carbocycles. The van der Waals surface area contributed by atoms with Gasteiger partial charge in [-0.3, -0.25) is 0 Å². The number of fused-ring (bicyclic) bond motifs is 7. The number of hydrogen-bond acceptors (Lipinski definition) is 4. The fourth-order valence-corrected chi connectivity index (χ4v) is 7.16. The van der Waals surface area contributed by atoms with E-state index < -0.39 is 0 Å². The molecule has 230 valence electrons. The van der Waals surface area contributed by atoms with Gasteiger partial charge in [-0.05, 0) is 75.1 Å². The average Bonchev–Trinajstić information content (AvgIpc) is 3.77. The monoisotopic (exact) mass is 628 g/mol. The molecule has 10 aromatic rings. The molecule has 0 bridgehead atoms. The van der Waals surface area contributed by atoms with Gasteiger partial charge in [-0.2, -0.15) is 0 Å². The molecule has 0 aliphatic heterocycles. The molecule has 0 aliphatic rings. The van der Waals surface area contributed by atoms with Crippen LogP contribution >= 0.6 is 0 Å². The Bertz CT molecular complexity index is 2830. The molecule has 0 aliphatic carbocycles. The van der Waals surface area contributed by atoms with Crippen molar-refractivity contribution >= 4 is 71.6 Å². The van der Waals surface area contributed by atoms with Crippen LogP contribution in [0, 0.1) is 0 Å². The first kappa shape index (κ1) is 27.5. The molecule has 0 saturated heterocycles. The Labute approximate surface area is 282 Å². The maximum Gasteiger partial charge on any atom is 0.227 e. The number of furan rings is 1. The summed E-state index contributed by atoms with van der Waals surface area (Å²) in [5.41, 5.74) is 9.08. The number of rotatable bonds is 5. The largest absolute Gasteiger partial charge is 0.456 e. The van der Waals surface area contributed by atoms with Crippen LogP contribution in [0.2, 0.25) is 0 Å². The summed E-state index contributed by atoms with van der Waals surface area (Å²) in [6.07, 6.45) is 0. The molecule has 0 amide bonds. The van der Waals surface area contributed by atoms with Gasteiger partial charge in [0.05, 0.1) is 5.39 Å². The lowest BCUT2D eigenvalue weighted by Crippen LogP contribution is -2.11. The molecule has 49 heavy (non-hydrogen) atoms. The molecule has 0 N–H and O–H groups in total. The average molecular weight is 629 g/mol. The molecule has 2 aromatic heterocycles. The third-order valence-electron chi connectivity index (χ3n) is 9.44. The molecule has 10 rings (SSSR count). The zero-order valence-corrected chi connectivity index (χ0v) is 26.4. The fraction of sp³-hybridized carbons (Fsp3) is 0. The summed E-state index contributed by atoms with van der Waals surface area (Å²) in [7, 11) is 0. The van der Waals surface area contributed by atoms with Gasteiger partial charge in [-0.15, -0.1) is 0 Å². The van der Waals surface area contributed by atoms with Gasteiger partial charge in [-0.1, -0.05) is 121 Å². The van der Waals surface area contributed by atoms with Crippen molar-refractivity contribution in [3.05, 3.63) is 170 Å². The number of anilines is 3. The van der Waals surface area contributed by atoms with E-state index in [0.717, 1.165) is 61.2 Å². The van der Waals surface area contributed by atoms with Crippen molar-refractivity contribution in [2.45, 2.75) is 0 Å². The quantitative estimate of drug-likeness (QED) is 0.178. The number of nitrogens with zero attached hydrogens (tertiary/aromatic N) is 2. The summed E-state index contributed by atoms with van der Waals surface area (Å²) in [5, 5.41) is 6.77. The Hall–Kier alpha value is -6.65. The van der Waals surface area contributed by atoms with E-state index in [-0.39, 0.29) is 0 Å². The number of para-hydroxylation sites is 1. The molecule has 0 radical (unpaired) electrons. The molecule has 0 unspecified atom stereocenters. The Balaban J connectivity index is 1.33. The second-order valence-corrected chi connectivity index (χ2v) is 12.4. The van der Waals surface area contributed by atoms with Gasteiger partial charge in [0, 0.05) is 28.4 Å². The van der Waals surface area contributed by atoms with E-state index in [1.54, 1.807) is 0 Å². The van der Waals surface area contributed by atoms with Gasteiger partial charge in [-0.25, -0.2) is 4.98 Å². The van der Waals surface area contributed by atoms with Crippen LogP contribution in [-0.4, -0.2) is 4.98 Å². The molecular formula is C45H28N2O2. The Morgan fingerprint density at radius 2 is 1.08 bits per heavy atom. The Kier molecular flexibility index (Phi) is 6.15. The maximum atomic E-state index is 6.81. The summed E-state index contributed by atoms with van der Waals surface area (Å²) in [4.78, 5) is 7.36. The number of oxazole rings is 1. The molecule has 0 fully saturated rings. The van der Waals surface area contributed by atoms with Crippen molar-refractivity contribution in [3.8, 4) is 22.6 Å². The summed E-state index contributed by atoms with van der Waals surface area (Å²) in [5.74, 6) is 0.566. The van der Waals surface area contributed by atoms with E-state index in [2.05, 4.69) is 126 Å². The predicted octanol–water partition coefficient (Wildman–Crippen LogP) is 12.8. The highest BCUT2D eigenvalue weighted by molar-refractivity contribution is 6.20. The van der Waals surface area contributed by atoms with Crippen LogP contribution in [0.3, 0.4) is 0 Å². The highest BCUT2D eigenvalue weighted by atomic mass is 16.4. The van der Waals surface area contributed by atoms with Crippen molar-refractivity contribution in [1.29, 1.82) is 0 Å². The van der Waals surface area contributed by atoms with E-state index in [4.69, 9.17) is 13.8 Å². The van der Waals surface area contributed by atoms with Gasteiger partial charge in [0.25, 0.3) is 0 Å². The number of aromatic nitrogens is 1. The third-order valence-corrected chi connectivity index (χ3v) is 9.44. The van der Waals surface area contributed by atoms with Crippen molar-refractivity contribution in [3.63, 3.8) is 0 Å². The van der Waals surface area contributed by atoms with Crippen LogP contribution in [0.25, 0.3) is 77.2 Å². The SMILES string of the molecule is c1ccc(-c2cccc(N(c3ccc4ccc5ccccc5c4c3)c3c4oc(-c5ccccc5)nc4cc4oc5ccccc5c34)c2)cc1. The molecule has 2 heterocycles. The van der Waals surface area contributed by atoms with E-state index in [1.165, 1.54) is 21.5 Å². The first-order chi connectivity index (χ1) is 24.3. The van der Waals surface area contributed by atoms with Crippen LogP contribution in [0.4, 0.5) is 17.1 Å². The lowest BCUT2D eigenvalue weighted by Gasteiger charge is -2.27. The van der Waals surface area contributed by atoms with Crippen LogP contribution in [-0.2, 0) is 0 Å². The highest BCUT2D eigenvalue weighted by Gasteiger charge is 2.27. The summed E-state index contributed by atoms with van der Waals surface area (Å²) in [6, 6.07) is 59.2. The van der Waals surface area contributed by atoms with Crippen LogP contribution in [0.15, 0.2) is 179 Å². The van der Waals surface area contributed by atoms with E-state index in [1.807, 2.05) is 48.5 Å². The summed E-state index contributed by atoms with van der Waals surface area (Å²) in [6.45, 7) is 0. The number of hydrogen-bond donors (Lipinski definition) is 0. The molecule has 4 heteroatoms. The lowest BCUT2D eigenvalue weighted by atomic mass is 10.00. The Morgan fingerprint density at radius 1 is 0.429 bits per heavy atom. The zero-order valence-electron chi connectivity index (χ0n) is 26.4. The second kappa shape index (κ2) is 11.0.